The molecule has 0 aliphatic carbocycles. The van der Waals surface area contributed by atoms with E-state index in [2.05, 4.69) is 0 Å². The molecule has 0 aromatic carbocycles. The quantitative estimate of drug-likeness (QED) is 0.695. The molecule has 94 valence electrons. The number of sulfonamides is 1. The Balaban J connectivity index is 2.55. The zero-order valence-corrected chi connectivity index (χ0v) is 11.0. The number of hydrogen-bond acceptors (Lipinski definition) is 3. The first kappa shape index (κ1) is 13.4. The van der Waals surface area contributed by atoms with Crippen molar-refractivity contribution >= 4 is 15.9 Å². The van der Waals surface area contributed by atoms with Crippen molar-refractivity contribution in [1.82, 2.24) is 9.21 Å². The summed E-state index contributed by atoms with van der Waals surface area (Å²) in [6.45, 7) is 5.40. The van der Waals surface area contributed by atoms with Crippen LogP contribution in [-0.2, 0) is 14.8 Å². The molecule has 6 heteroatoms. The summed E-state index contributed by atoms with van der Waals surface area (Å²) in [6, 6.07) is 0. The van der Waals surface area contributed by atoms with Gasteiger partial charge >= 0.3 is 0 Å². The monoisotopic (exact) mass is 248 g/mol. The van der Waals surface area contributed by atoms with Crippen LogP contribution < -0.4 is 0 Å². The molecule has 0 aromatic heterocycles. The van der Waals surface area contributed by atoms with Gasteiger partial charge in [0.1, 0.15) is 0 Å². The Bertz CT molecular complexity index is 353. The Kier molecular flexibility index (Phi) is 4.32. The van der Waals surface area contributed by atoms with E-state index in [9.17, 15) is 13.2 Å². The van der Waals surface area contributed by atoms with Crippen molar-refractivity contribution < 1.29 is 13.2 Å². The highest BCUT2D eigenvalue weighted by atomic mass is 32.2. The van der Waals surface area contributed by atoms with Gasteiger partial charge < -0.3 is 4.90 Å². The first-order chi connectivity index (χ1) is 7.40. The third kappa shape index (κ3) is 2.95. The van der Waals surface area contributed by atoms with Gasteiger partial charge in [0.25, 0.3) is 0 Å². The predicted octanol–water partition coefficient (Wildman–Crippen LogP) is 0.136. The standard InChI is InChI=1S/C10H20N2O3S/c1-4-12-8-9(6-10(12)13)7-11(3)16(14,15)5-2/h9H,4-8H2,1-3H3/t9-/m1/s1. The van der Waals surface area contributed by atoms with E-state index in [1.165, 1.54) is 4.31 Å². The van der Waals surface area contributed by atoms with Gasteiger partial charge in [0.2, 0.25) is 15.9 Å². The minimum absolute atomic E-state index is 0.113. The van der Waals surface area contributed by atoms with Crippen LogP contribution in [0.1, 0.15) is 20.3 Å². The molecule has 1 aliphatic heterocycles. The second-order valence-corrected chi connectivity index (χ2v) is 6.55. The molecule has 0 N–H and O–H groups in total. The fourth-order valence-electron chi connectivity index (χ4n) is 1.98. The van der Waals surface area contributed by atoms with Crippen LogP contribution in [0, 0.1) is 5.92 Å². The summed E-state index contributed by atoms with van der Waals surface area (Å²) in [5.41, 5.74) is 0. The second-order valence-electron chi connectivity index (χ2n) is 4.18. The molecule has 0 unspecified atom stereocenters. The van der Waals surface area contributed by atoms with Crippen LogP contribution in [0.5, 0.6) is 0 Å². The van der Waals surface area contributed by atoms with E-state index < -0.39 is 10.0 Å². The third-order valence-corrected chi connectivity index (χ3v) is 4.86. The van der Waals surface area contributed by atoms with Gasteiger partial charge in [-0.3, -0.25) is 4.79 Å². The van der Waals surface area contributed by atoms with E-state index in [0.29, 0.717) is 26.1 Å². The van der Waals surface area contributed by atoms with Crippen molar-refractivity contribution in [1.29, 1.82) is 0 Å². The lowest BCUT2D eigenvalue weighted by molar-refractivity contribution is -0.127. The summed E-state index contributed by atoms with van der Waals surface area (Å²) in [5, 5.41) is 0. The van der Waals surface area contributed by atoms with Gasteiger partial charge in [-0.1, -0.05) is 0 Å². The molecule has 5 nitrogen and oxygen atoms in total. The maximum Gasteiger partial charge on any atom is 0.222 e. The smallest absolute Gasteiger partial charge is 0.222 e. The Hall–Kier alpha value is -0.620. The van der Waals surface area contributed by atoms with Gasteiger partial charge in [0, 0.05) is 33.1 Å². The van der Waals surface area contributed by atoms with Crippen molar-refractivity contribution in [2.45, 2.75) is 20.3 Å². The van der Waals surface area contributed by atoms with Crippen LogP contribution in [0.2, 0.25) is 0 Å². The molecule has 1 aliphatic rings. The summed E-state index contributed by atoms with van der Waals surface area (Å²) in [7, 11) is -1.54. The average Bonchev–Trinajstić information content (AvgIpc) is 2.58. The molecule has 1 heterocycles. The summed E-state index contributed by atoms with van der Waals surface area (Å²) in [6.07, 6.45) is 0.470. The number of hydrogen-bond donors (Lipinski definition) is 0. The second kappa shape index (κ2) is 5.14. The summed E-state index contributed by atoms with van der Waals surface area (Å²) in [4.78, 5) is 13.2. The number of likely N-dealkylation sites (tertiary alicyclic amines) is 1. The lowest BCUT2D eigenvalue weighted by Crippen LogP contribution is -2.34. The van der Waals surface area contributed by atoms with E-state index in [1.807, 2.05) is 6.92 Å². The average molecular weight is 248 g/mol. The topological polar surface area (TPSA) is 57.7 Å². The van der Waals surface area contributed by atoms with Crippen LogP contribution in [-0.4, -0.2) is 56.0 Å². The van der Waals surface area contributed by atoms with Crippen molar-refractivity contribution in [3.63, 3.8) is 0 Å². The van der Waals surface area contributed by atoms with Crippen molar-refractivity contribution in [2.75, 3.05) is 32.4 Å². The molecule has 1 rings (SSSR count). The highest BCUT2D eigenvalue weighted by Gasteiger charge is 2.30. The van der Waals surface area contributed by atoms with E-state index in [-0.39, 0.29) is 17.6 Å². The van der Waals surface area contributed by atoms with E-state index >= 15 is 0 Å². The molecule has 1 atom stereocenters. The minimum atomic E-state index is -3.12. The Morgan fingerprint density at radius 3 is 2.50 bits per heavy atom. The number of rotatable bonds is 5. The van der Waals surface area contributed by atoms with Gasteiger partial charge in [-0.25, -0.2) is 12.7 Å². The summed E-state index contributed by atoms with van der Waals surface area (Å²) >= 11 is 0. The first-order valence-corrected chi connectivity index (χ1v) is 7.23. The maximum atomic E-state index is 11.5. The SMILES string of the molecule is CCN1C[C@@H](CN(C)S(=O)(=O)CC)CC1=O. The molecule has 1 fully saturated rings. The summed E-state index contributed by atoms with van der Waals surface area (Å²) < 4.78 is 24.5. The van der Waals surface area contributed by atoms with E-state index in [4.69, 9.17) is 0 Å². The molecule has 0 radical (unpaired) electrons. The van der Waals surface area contributed by atoms with Crippen molar-refractivity contribution in [2.24, 2.45) is 5.92 Å². The fraction of sp³-hybridized carbons (Fsp3) is 0.900. The van der Waals surface area contributed by atoms with Crippen LogP contribution in [0.15, 0.2) is 0 Å². The zero-order valence-electron chi connectivity index (χ0n) is 10.1. The Morgan fingerprint density at radius 2 is 2.06 bits per heavy atom. The number of nitrogens with zero attached hydrogens (tertiary/aromatic N) is 2. The predicted molar refractivity (Wildman–Crippen MR) is 62.5 cm³/mol. The van der Waals surface area contributed by atoms with Gasteiger partial charge in [-0.05, 0) is 19.8 Å². The number of carbonyl (C=O) groups is 1. The highest BCUT2D eigenvalue weighted by molar-refractivity contribution is 7.89. The lowest BCUT2D eigenvalue weighted by Gasteiger charge is -2.20. The highest BCUT2D eigenvalue weighted by Crippen LogP contribution is 2.19. The molecule has 0 aromatic rings. The Morgan fingerprint density at radius 1 is 1.44 bits per heavy atom. The molecule has 0 bridgehead atoms. The van der Waals surface area contributed by atoms with Crippen molar-refractivity contribution in [3.8, 4) is 0 Å². The Labute approximate surface area is 97.5 Å². The molecule has 0 saturated carbocycles. The fourth-order valence-corrected chi connectivity index (χ4v) is 2.86. The van der Waals surface area contributed by atoms with Gasteiger partial charge in [-0.15, -0.1) is 0 Å². The molecule has 0 spiro atoms. The van der Waals surface area contributed by atoms with Crippen LogP contribution in [0.25, 0.3) is 0 Å². The normalized spacial score (nSPS) is 22.1. The number of amides is 1. The first-order valence-electron chi connectivity index (χ1n) is 5.62. The van der Waals surface area contributed by atoms with Gasteiger partial charge in [0.05, 0.1) is 5.75 Å². The zero-order chi connectivity index (χ0) is 12.3. The van der Waals surface area contributed by atoms with Crippen molar-refractivity contribution in [3.05, 3.63) is 0 Å². The summed E-state index contributed by atoms with van der Waals surface area (Å²) in [5.74, 6) is 0.385. The van der Waals surface area contributed by atoms with Crippen LogP contribution in [0.4, 0.5) is 0 Å². The van der Waals surface area contributed by atoms with Gasteiger partial charge in [-0.2, -0.15) is 0 Å². The van der Waals surface area contributed by atoms with Crippen LogP contribution in [0.3, 0.4) is 0 Å². The molecular weight excluding hydrogens is 228 g/mol. The minimum Gasteiger partial charge on any atom is -0.343 e. The molecule has 16 heavy (non-hydrogen) atoms. The lowest BCUT2D eigenvalue weighted by atomic mass is 10.1. The van der Waals surface area contributed by atoms with Crippen LogP contribution >= 0.6 is 0 Å². The third-order valence-electron chi connectivity index (χ3n) is 3.03. The number of carbonyl (C=O) groups excluding carboxylic acids is 1. The largest absolute Gasteiger partial charge is 0.343 e. The maximum absolute atomic E-state index is 11.5. The van der Waals surface area contributed by atoms with Gasteiger partial charge in [0.15, 0.2) is 0 Å². The van der Waals surface area contributed by atoms with E-state index in [0.717, 1.165) is 0 Å². The molecule has 1 amide bonds. The molecule has 1 saturated heterocycles. The molecular formula is C10H20N2O3S. The van der Waals surface area contributed by atoms with E-state index in [1.54, 1.807) is 18.9 Å².